The Morgan fingerprint density at radius 1 is 1.35 bits per heavy atom. The summed E-state index contributed by atoms with van der Waals surface area (Å²) in [6.07, 6.45) is 1.40. The van der Waals surface area contributed by atoms with Crippen LogP contribution in [0.15, 0.2) is 0 Å². The standard InChI is InChI=1S/C12H20BrNO3/c1-4-17-10(15)9-5-7-14(8-6-9)11(16)12(2,3)13/h9H,4-8H2,1-3H3. The van der Waals surface area contributed by atoms with Gasteiger partial charge in [0.25, 0.3) is 0 Å². The van der Waals surface area contributed by atoms with Gasteiger partial charge in [0.1, 0.15) is 0 Å². The van der Waals surface area contributed by atoms with Gasteiger partial charge in [-0.05, 0) is 33.6 Å². The lowest BCUT2D eigenvalue weighted by Crippen LogP contribution is -2.46. The number of nitrogens with zero attached hydrogens (tertiary/aromatic N) is 1. The number of rotatable bonds is 3. The van der Waals surface area contributed by atoms with Crippen LogP contribution in [0.25, 0.3) is 0 Å². The van der Waals surface area contributed by atoms with Crippen molar-refractivity contribution in [3.05, 3.63) is 0 Å². The van der Waals surface area contributed by atoms with E-state index in [-0.39, 0.29) is 17.8 Å². The molecule has 0 aromatic heterocycles. The monoisotopic (exact) mass is 305 g/mol. The van der Waals surface area contributed by atoms with E-state index in [1.807, 2.05) is 25.7 Å². The number of ether oxygens (including phenoxy) is 1. The van der Waals surface area contributed by atoms with Gasteiger partial charge in [-0.1, -0.05) is 15.9 Å². The Balaban J connectivity index is 2.46. The van der Waals surface area contributed by atoms with Crippen molar-refractivity contribution in [1.82, 2.24) is 4.90 Å². The van der Waals surface area contributed by atoms with Crippen LogP contribution < -0.4 is 0 Å². The molecular weight excluding hydrogens is 286 g/mol. The van der Waals surface area contributed by atoms with Crippen LogP contribution in [0.1, 0.15) is 33.6 Å². The molecule has 17 heavy (non-hydrogen) atoms. The molecule has 1 aliphatic rings. The van der Waals surface area contributed by atoms with E-state index in [4.69, 9.17) is 4.74 Å². The summed E-state index contributed by atoms with van der Waals surface area (Å²) in [7, 11) is 0. The average molecular weight is 306 g/mol. The van der Waals surface area contributed by atoms with Gasteiger partial charge in [-0.25, -0.2) is 0 Å². The number of halogens is 1. The van der Waals surface area contributed by atoms with E-state index in [9.17, 15) is 9.59 Å². The maximum Gasteiger partial charge on any atom is 0.309 e. The molecule has 0 atom stereocenters. The molecule has 0 radical (unpaired) electrons. The zero-order valence-corrected chi connectivity index (χ0v) is 12.2. The summed E-state index contributed by atoms with van der Waals surface area (Å²) in [6.45, 7) is 7.19. The van der Waals surface area contributed by atoms with Gasteiger partial charge in [-0.2, -0.15) is 0 Å². The normalized spacial score (nSPS) is 18.0. The van der Waals surface area contributed by atoms with Crippen LogP contribution in [-0.4, -0.2) is 40.8 Å². The van der Waals surface area contributed by atoms with Crippen molar-refractivity contribution >= 4 is 27.8 Å². The van der Waals surface area contributed by atoms with Crippen molar-refractivity contribution in [3.63, 3.8) is 0 Å². The highest BCUT2D eigenvalue weighted by atomic mass is 79.9. The van der Waals surface area contributed by atoms with Gasteiger partial charge in [-0.15, -0.1) is 0 Å². The van der Waals surface area contributed by atoms with E-state index in [1.54, 1.807) is 0 Å². The molecule has 1 rings (SSSR count). The van der Waals surface area contributed by atoms with Gasteiger partial charge in [-0.3, -0.25) is 9.59 Å². The second-order valence-electron chi connectivity index (χ2n) is 4.79. The highest BCUT2D eigenvalue weighted by Crippen LogP contribution is 2.24. The molecule has 0 unspecified atom stereocenters. The number of carbonyl (C=O) groups is 2. The smallest absolute Gasteiger partial charge is 0.309 e. The molecule has 0 bridgehead atoms. The summed E-state index contributed by atoms with van der Waals surface area (Å²) >= 11 is 3.37. The molecule has 0 spiro atoms. The minimum absolute atomic E-state index is 0.0440. The number of esters is 1. The molecule has 1 amide bonds. The van der Waals surface area contributed by atoms with Crippen LogP contribution in [-0.2, 0) is 14.3 Å². The largest absolute Gasteiger partial charge is 0.466 e. The lowest BCUT2D eigenvalue weighted by Gasteiger charge is -2.34. The Bertz CT molecular complexity index is 291. The van der Waals surface area contributed by atoms with Gasteiger partial charge in [0.05, 0.1) is 16.8 Å². The summed E-state index contributed by atoms with van der Waals surface area (Å²) in [5.74, 6) is -0.0880. The van der Waals surface area contributed by atoms with Crippen LogP contribution in [0, 0.1) is 5.92 Å². The maximum absolute atomic E-state index is 12.0. The molecule has 0 saturated carbocycles. The number of alkyl halides is 1. The SMILES string of the molecule is CCOC(=O)C1CCN(C(=O)C(C)(C)Br)CC1. The van der Waals surface area contributed by atoms with Crippen molar-refractivity contribution < 1.29 is 14.3 Å². The third kappa shape index (κ3) is 3.98. The quantitative estimate of drug-likeness (QED) is 0.591. The van der Waals surface area contributed by atoms with E-state index < -0.39 is 4.32 Å². The van der Waals surface area contributed by atoms with Crippen LogP contribution in [0.4, 0.5) is 0 Å². The van der Waals surface area contributed by atoms with Crippen molar-refractivity contribution in [1.29, 1.82) is 0 Å². The molecule has 4 nitrogen and oxygen atoms in total. The van der Waals surface area contributed by atoms with Crippen molar-refractivity contribution in [3.8, 4) is 0 Å². The summed E-state index contributed by atoms with van der Waals surface area (Å²) in [5.41, 5.74) is 0. The highest BCUT2D eigenvalue weighted by molar-refractivity contribution is 9.10. The molecule has 1 fully saturated rings. The molecule has 1 heterocycles. The summed E-state index contributed by atoms with van der Waals surface area (Å²) in [5, 5.41) is 0. The van der Waals surface area contributed by atoms with E-state index in [2.05, 4.69) is 15.9 Å². The van der Waals surface area contributed by atoms with E-state index in [0.29, 0.717) is 32.5 Å². The molecular formula is C12H20BrNO3. The Hall–Kier alpha value is -0.580. The Labute approximate surface area is 111 Å². The van der Waals surface area contributed by atoms with E-state index in [0.717, 1.165) is 0 Å². The van der Waals surface area contributed by atoms with Crippen LogP contribution in [0.2, 0.25) is 0 Å². The minimum Gasteiger partial charge on any atom is -0.466 e. The molecule has 5 heteroatoms. The number of amides is 1. The zero-order valence-electron chi connectivity index (χ0n) is 10.7. The fourth-order valence-corrected chi connectivity index (χ4v) is 2.21. The van der Waals surface area contributed by atoms with Crippen LogP contribution >= 0.6 is 15.9 Å². The predicted molar refractivity (Wildman–Crippen MR) is 68.9 cm³/mol. The first-order valence-electron chi connectivity index (χ1n) is 6.01. The molecule has 0 N–H and O–H groups in total. The summed E-state index contributed by atoms with van der Waals surface area (Å²) in [4.78, 5) is 25.3. The Morgan fingerprint density at radius 3 is 2.29 bits per heavy atom. The van der Waals surface area contributed by atoms with Gasteiger partial charge >= 0.3 is 5.97 Å². The second kappa shape index (κ2) is 5.85. The third-order valence-corrected chi connectivity index (χ3v) is 3.25. The fraction of sp³-hybridized carbons (Fsp3) is 0.833. The summed E-state index contributed by atoms with van der Waals surface area (Å²) in [6, 6.07) is 0. The lowest BCUT2D eigenvalue weighted by molar-refractivity contribution is -0.151. The topological polar surface area (TPSA) is 46.6 Å². The number of carbonyl (C=O) groups excluding carboxylic acids is 2. The predicted octanol–water partition coefficient (Wildman–Crippen LogP) is 1.96. The van der Waals surface area contributed by atoms with Crippen LogP contribution in [0.5, 0.6) is 0 Å². The third-order valence-electron chi connectivity index (χ3n) is 2.91. The highest BCUT2D eigenvalue weighted by Gasteiger charge is 2.33. The van der Waals surface area contributed by atoms with Crippen LogP contribution in [0.3, 0.4) is 0 Å². The van der Waals surface area contributed by atoms with Gasteiger partial charge in [0.2, 0.25) is 5.91 Å². The van der Waals surface area contributed by atoms with E-state index >= 15 is 0 Å². The first-order chi connectivity index (χ1) is 7.86. The van der Waals surface area contributed by atoms with Crippen molar-refractivity contribution in [2.75, 3.05) is 19.7 Å². The van der Waals surface area contributed by atoms with Gasteiger partial charge in [0, 0.05) is 13.1 Å². The Kier molecular flexibility index (Phi) is 4.98. The molecule has 0 aliphatic carbocycles. The Morgan fingerprint density at radius 2 is 1.88 bits per heavy atom. The first kappa shape index (κ1) is 14.5. The molecule has 1 saturated heterocycles. The maximum atomic E-state index is 12.0. The second-order valence-corrected chi connectivity index (χ2v) is 6.77. The summed E-state index contributed by atoms with van der Waals surface area (Å²) < 4.78 is 4.47. The van der Waals surface area contributed by atoms with Gasteiger partial charge < -0.3 is 9.64 Å². The number of hydrogen-bond donors (Lipinski definition) is 0. The minimum atomic E-state index is -0.524. The number of likely N-dealkylation sites (tertiary alicyclic amines) is 1. The molecule has 0 aromatic carbocycles. The fourth-order valence-electron chi connectivity index (χ4n) is 1.95. The van der Waals surface area contributed by atoms with Crippen molar-refractivity contribution in [2.45, 2.75) is 37.9 Å². The number of hydrogen-bond acceptors (Lipinski definition) is 3. The molecule has 1 aliphatic heterocycles. The lowest BCUT2D eigenvalue weighted by atomic mass is 9.96. The van der Waals surface area contributed by atoms with Gasteiger partial charge in [0.15, 0.2) is 0 Å². The number of piperidine rings is 1. The average Bonchev–Trinajstić information content (AvgIpc) is 2.27. The van der Waals surface area contributed by atoms with Crippen molar-refractivity contribution in [2.24, 2.45) is 5.92 Å². The zero-order chi connectivity index (χ0) is 13.1. The molecule has 98 valence electrons. The molecule has 0 aromatic rings. The first-order valence-corrected chi connectivity index (χ1v) is 6.80. The van der Waals surface area contributed by atoms with E-state index in [1.165, 1.54) is 0 Å².